The van der Waals surface area contributed by atoms with Gasteiger partial charge in [0.25, 0.3) is 0 Å². The number of benzene rings is 1. The molecule has 0 fully saturated rings. The van der Waals surface area contributed by atoms with E-state index in [2.05, 4.69) is 16.9 Å². The molecule has 172 valence electrons. The van der Waals surface area contributed by atoms with Crippen LogP contribution in [0.25, 0.3) is 11.1 Å². The van der Waals surface area contributed by atoms with Gasteiger partial charge < -0.3 is 21.1 Å². The zero-order chi connectivity index (χ0) is 24.1. The Morgan fingerprint density at radius 3 is 2.50 bits per heavy atom. The molecule has 0 spiro atoms. The van der Waals surface area contributed by atoms with Gasteiger partial charge in [0, 0.05) is 17.4 Å². The zero-order valence-electron chi connectivity index (χ0n) is 17.9. The summed E-state index contributed by atoms with van der Waals surface area (Å²) in [7, 11) is 0. The van der Waals surface area contributed by atoms with Crippen molar-refractivity contribution in [2.45, 2.75) is 45.0 Å². The highest BCUT2D eigenvalue weighted by Crippen LogP contribution is 2.32. The van der Waals surface area contributed by atoms with Crippen molar-refractivity contribution in [2.75, 3.05) is 11.1 Å². The lowest BCUT2D eigenvalue weighted by Gasteiger charge is -2.23. The number of nitrogens with zero attached hydrogens (tertiary/aromatic N) is 1. The molecule has 0 aliphatic heterocycles. The fraction of sp³-hybridized carbons (Fsp3) is 0.318. The number of nitrogens with two attached hydrogens (primary N) is 1. The molecular formula is C22H25F3N4O3. The Balaban J connectivity index is 2.40. The zero-order valence-corrected chi connectivity index (χ0v) is 17.9. The fourth-order valence-corrected chi connectivity index (χ4v) is 2.79. The monoisotopic (exact) mass is 450 g/mol. The van der Waals surface area contributed by atoms with Crippen LogP contribution < -0.4 is 16.4 Å². The number of carbonyl (C=O) groups excluding carboxylic acids is 2. The van der Waals surface area contributed by atoms with Crippen LogP contribution in [0.3, 0.4) is 0 Å². The summed E-state index contributed by atoms with van der Waals surface area (Å²) < 4.78 is 43.5. The first kappa shape index (κ1) is 24.7. The van der Waals surface area contributed by atoms with Gasteiger partial charge in [0.1, 0.15) is 5.60 Å². The van der Waals surface area contributed by atoms with E-state index in [9.17, 15) is 22.8 Å². The molecule has 7 nitrogen and oxygen atoms in total. The number of alkyl halides is 3. The predicted octanol–water partition coefficient (Wildman–Crippen LogP) is 4.97. The number of pyridine rings is 1. The molecule has 0 saturated carbocycles. The predicted molar refractivity (Wildman–Crippen MR) is 116 cm³/mol. The van der Waals surface area contributed by atoms with Crippen LogP contribution in [0.5, 0.6) is 0 Å². The minimum Gasteiger partial charge on any atom is -0.444 e. The summed E-state index contributed by atoms with van der Waals surface area (Å²) in [5, 5.41) is 4.56. The van der Waals surface area contributed by atoms with Crippen molar-refractivity contribution in [3.8, 4) is 11.1 Å². The van der Waals surface area contributed by atoms with Gasteiger partial charge in [-0.15, -0.1) is 6.58 Å². The van der Waals surface area contributed by atoms with Gasteiger partial charge in [0.15, 0.2) is 0 Å². The van der Waals surface area contributed by atoms with Gasteiger partial charge in [-0.1, -0.05) is 12.1 Å². The van der Waals surface area contributed by atoms with Gasteiger partial charge >= 0.3 is 18.2 Å². The summed E-state index contributed by atoms with van der Waals surface area (Å²) in [6.45, 7) is 8.86. The highest BCUT2D eigenvalue weighted by molar-refractivity contribution is 5.99. The first-order chi connectivity index (χ1) is 14.8. The fourth-order valence-electron chi connectivity index (χ4n) is 2.79. The average Bonchev–Trinajstić information content (AvgIpc) is 2.65. The number of nitrogen functional groups attached to an aromatic ring is 1. The van der Waals surface area contributed by atoms with Crippen molar-refractivity contribution in [1.82, 2.24) is 10.3 Å². The number of alkyl carbamates (subject to hydrolysis) is 1. The number of nitrogens with one attached hydrogen (secondary N) is 2. The maximum absolute atomic E-state index is 12.7. The summed E-state index contributed by atoms with van der Waals surface area (Å²) in [4.78, 5) is 27.9. The Hall–Kier alpha value is -3.56. The minimum absolute atomic E-state index is 0.107. The second-order valence-electron chi connectivity index (χ2n) is 7.95. The topological polar surface area (TPSA) is 106 Å². The Bertz CT molecular complexity index is 1000. The van der Waals surface area contributed by atoms with Crippen LogP contribution in [-0.2, 0) is 9.53 Å². The normalized spacial score (nSPS) is 12.6. The van der Waals surface area contributed by atoms with Crippen LogP contribution in [0.15, 0.2) is 49.2 Å². The Labute approximate surface area is 183 Å². The van der Waals surface area contributed by atoms with E-state index in [0.29, 0.717) is 23.2 Å². The number of aromatic nitrogens is 1. The van der Waals surface area contributed by atoms with Crippen LogP contribution in [-0.4, -0.2) is 28.8 Å². The molecule has 32 heavy (non-hydrogen) atoms. The van der Waals surface area contributed by atoms with Crippen LogP contribution in [0.4, 0.5) is 29.3 Å². The van der Waals surface area contributed by atoms with Crippen molar-refractivity contribution in [2.24, 2.45) is 0 Å². The molecule has 0 aliphatic carbocycles. The summed E-state index contributed by atoms with van der Waals surface area (Å²) in [5.74, 6) is -2.12. The average molecular weight is 450 g/mol. The Morgan fingerprint density at radius 1 is 1.22 bits per heavy atom. The van der Waals surface area contributed by atoms with Crippen molar-refractivity contribution in [3.63, 3.8) is 0 Å². The van der Waals surface area contributed by atoms with Crippen LogP contribution in [0, 0.1) is 0 Å². The van der Waals surface area contributed by atoms with Crippen LogP contribution >= 0.6 is 0 Å². The SMILES string of the molecule is C=CC[C@H](NC(=O)OC(C)(C)C)c1cc(-c2ccc(N)cc2NC(=O)C(F)(F)F)ccn1. The van der Waals surface area contributed by atoms with Gasteiger partial charge in [-0.2, -0.15) is 13.2 Å². The quantitative estimate of drug-likeness (QED) is 0.425. The number of anilines is 2. The second kappa shape index (κ2) is 9.71. The van der Waals surface area contributed by atoms with Gasteiger partial charge in [0.2, 0.25) is 0 Å². The second-order valence-corrected chi connectivity index (χ2v) is 7.95. The highest BCUT2D eigenvalue weighted by Gasteiger charge is 2.39. The minimum atomic E-state index is -5.06. The first-order valence-electron chi connectivity index (χ1n) is 9.64. The molecular weight excluding hydrogens is 425 g/mol. The number of hydrogen-bond acceptors (Lipinski definition) is 5. The third kappa shape index (κ3) is 7.00. The van der Waals surface area contributed by atoms with E-state index < -0.39 is 29.8 Å². The lowest BCUT2D eigenvalue weighted by Crippen LogP contribution is -2.35. The van der Waals surface area contributed by atoms with E-state index in [4.69, 9.17) is 10.5 Å². The third-order valence-electron chi connectivity index (χ3n) is 4.09. The van der Waals surface area contributed by atoms with Crippen molar-refractivity contribution < 1.29 is 27.5 Å². The lowest BCUT2D eigenvalue weighted by molar-refractivity contribution is -0.167. The number of rotatable bonds is 6. The molecule has 0 radical (unpaired) electrons. The maximum Gasteiger partial charge on any atom is 0.471 e. The number of hydrogen-bond donors (Lipinski definition) is 3. The summed E-state index contributed by atoms with van der Waals surface area (Å²) in [6, 6.07) is 6.80. The summed E-state index contributed by atoms with van der Waals surface area (Å²) in [5.41, 5.74) is 6.26. The molecule has 2 rings (SSSR count). The standard InChI is InChI=1S/C22H25F3N4O3/c1-5-6-16(29-20(31)32-21(2,3)4)18-11-13(9-10-27-18)15-8-7-14(26)12-17(15)28-19(30)22(23,24)25/h5,7-12,16H,1,6,26H2,2-4H3,(H,28,30)(H,29,31)/t16-/m0/s1. The molecule has 1 atom stereocenters. The van der Waals surface area contributed by atoms with Crippen LogP contribution in [0.2, 0.25) is 0 Å². The number of carbonyl (C=O) groups is 2. The van der Waals surface area contributed by atoms with Crippen molar-refractivity contribution in [1.29, 1.82) is 0 Å². The third-order valence-corrected chi connectivity index (χ3v) is 4.09. The Morgan fingerprint density at radius 2 is 1.91 bits per heavy atom. The summed E-state index contributed by atoms with van der Waals surface area (Å²) in [6.07, 6.45) is -2.34. The lowest BCUT2D eigenvalue weighted by atomic mass is 10.0. The maximum atomic E-state index is 12.7. The largest absolute Gasteiger partial charge is 0.471 e. The van der Waals surface area contributed by atoms with E-state index in [1.54, 1.807) is 39.0 Å². The smallest absolute Gasteiger partial charge is 0.444 e. The van der Waals surface area contributed by atoms with E-state index in [-0.39, 0.29) is 11.4 Å². The van der Waals surface area contributed by atoms with Crippen molar-refractivity contribution in [3.05, 3.63) is 54.9 Å². The van der Waals surface area contributed by atoms with Gasteiger partial charge in [0.05, 0.1) is 17.4 Å². The molecule has 1 aromatic carbocycles. The van der Waals surface area contributed by atoms with Crippen LogP contribution in [0.1, 0.15) is 38.9 Å². The molecule has 0 unspecified atom stereocenters. The number of ether oxygens (including phenoxy) is 1. The molecule has 2 amide bonds. The molecule has 0 saturated heterocycles. The van der Waals surface area contributed by atoms with E-state index in [1.807, 2.05) is 5.32 Å². The Kier molecular flexibility index (Phi) is 7.50. The molecule has 4 N–H and O–H groups in total. The molecule has 0 bridgehead atoms. The molecule has 1 aromatic heterocycles. The number of halogens is 3. The van der Waals surface area contributed by atoms with Gasteiger partial charge in [-0.3, -0.25) is 9.78 Å². The highest BCUT2D eigenvalue weighted by atomic mass is 19.4. The molecule has 0 aliphatic rings. The molecule has 10 heteroatoms. The van der Waals surface area contributed by atoms with E-state index in [1.165, 1.54) is 24.4 Å². The first-order valence-corrected chi connectivity index (χ1v) is 9.64. The molecule has 1 heterocycles. The van der Waals surface area contributed by atoms with E-state index in [0.717, 1.165) is 0 Å². The van der Waals surface area contributed by atoms with Gasteiger partial charge in [-0.25, -0.2) is 4.79 Å². The number of amides is 2. The van der Waals surface area contributed by atoms with Gasteiger partial charge in [-0.05, 0) is 57.0 Å². The molecule has 2 aromatic rings. The summed E-state index contributed by atoms with van der Waals surface area (Å²) >= 11 is 0. The van der Waals surface area contributed by atoms with Crippen molar-refractivity contribution >= 4 is 23.4 Å². The van der Waals surface area contributed by atoms with E-state index >= 15 is 0 Å².